The molecule has 0 bridgehead atoms. The van der Waals surface area contributed by atoms with Crippen LogP contribution in [0.25, 0.3) is 11.2 Å². The molecule has 5 rings (SSSR count). The maximum atomic E-state index is 13.0. The smallest absolute Gasteiger partial charge is 0.463 e. The van der Waals surface area contributed by atoms with E-state index in [4.69, 9.17) is 54.6 Å². The molecule has 21 nitrogen and oxygen atoms in total. The Morgan fingerprint density at radius 2 is 1.30 bits per heavy atom. The van der Waals surface area contributed by atoms with Crippen LogP contribution in [-0.4, -0.2) is 145 Å². The lowest BCUT2D eigenvalue weighted by Crippen LogP contribution is -2.60. The summed E-state index contributed by atoms with van der Waals surface area (Å²) >= 11 is 0. The minimum absolute atomic E-state index is 0.0411. The highest BCUT2D eigenvalue weighted by Gasteiger charge is 2.57. The van der Waals surface area contributed by atoms with Crippen molar-refractivity contribution in [2.45, 2.75) is 144 Å². The number of aromatic nitrogens is 4. The van der Waals surface area contributed by atoms with Crippen molar-refractivity contribution in [3.05, 3.63) is 84.4 Å². The SMILES string of the molecule is COP(OC1C(OC(OCCOC(C)=O)OCCOC(C)=O)[C@H](n2cnc3c(NC(=O)C(C)C)ncnc32)O[C@@H]1CO[Si](OC(c1ccccc1)c1ccccc1)(O[Si](C)(C)C)O[Si](C)(C)C)N(C(C)C)C(C)C. The van der Waals surface area contributed by atoms with Gasteiger partial charge in [0.25, 0.3) is 15.0 Å². The molecule has 25 heteroatoms. The molecule has 410 valence electrons. The fourth-order valence-corrected chi connectivity index (χ4v) is 17.7. The van der Waals surface area contributed by atoms with Gasteiger partial charge in [0, 0.05) is 39.0 Å². The van der Waals surface area contributed by atoms with Crippen molar-refractivity contribution in [2.24, 2.45) is 5.92 Å². The van der Waals surface area contributed by atoms with E-state index < -0.39 is 83.3 Å². The molecule has 1 fully saturated rings. The van der Waals surface area contributed by atoms with E-state index in [-0.39, 0.29) is 73.9 Å². The fraction of sp³-hybridized carbons (Fsp3) is 0.592. The number of nitrogens with zero attached hydrogens (tertiary/aromatic N) is 5. The van der Waals surface area contributed by atoms with Crippen LogP contribution >= 0.6 is 8.53 Å². The molecule has 0 radical (unpaired) electrons. The van der Waals surface area contributed by atoms with E-state index in [0.717, 1.165) is 11.1 Å². The zero-order chi connectivity index (χ0) is 54.4. The number of hydrogen-bond acceptors (Lipinski definition) is 19. The average molecular weight is 1110 g/mol. The van der Waals surface area contributed by atoms with Crippen molar-refractivity contribution in [3.63, 3.8) is 0 Å². The number of hydrogen-bond donors (Lipinski definition) is 1. The van der Waals surface area contributed by atoms with E-state index in [0.29, 0.717) is 0 Å². The zero-order valence-corrected chi connectivity index (χ0v) is 49.4. The molecule has 1 N–H and O–H groups in total. The first-order valence-corrected chi connectivity index (χ1v) is 34.4. The molecule has 0 saturated carbocycles. The molecule has 1 aliphatic heterocycles. The van der Waals surface area contributed by atoms with Gasteiger partial charge >= 0.3 is 21.0 Å². The van der Waals surface area contributed by atoms with Crippen molar-refractivity contribution in [2.75, 3.05) is 45.5 Å². The Morgan fingerprint density at radius 3 is 1.77 bits per heavy atom. The molecule has 2 aromatic heterocycles. The van der Waals surface area contributed by atoms with Gasteiger partial charge in [-0.3, -0.25) is 19.0 Å². The summed E-state index contributed by atoms with van der Waals surface area (Å²) in [6.45, 7) is 24.4. The molecule has 0 aliphatic carbocycles. The minimum Gasteiger partial charge on any atom is -0.463 e. The van der Waals surface area contributed by atoms with E-state index >= 15 is 0 Å². The molecule has 1 saturated heterocycles. The highest BCUT2D eigenvalue weighted by atomic mass is 31.2. The van der Waals surface area contributed by atoms with Crippen LogP contribution in [0.3, 0.4) is 0 Å². The first kappa shape index (κ1) is 60.9. The Morgan fingerprint density at radius 1 is 0.757 bits per heavy atom. The lowest BCUT2D eigenvalue weighted by Gasteiger charge is -2.41. The first-order chi connectivity index (χ1) is 34.9. The summed E-state index contributed by atoms with van der Waals surface area (Å²) in [5.41, 5.74) is 2.29. The van der Waals surface area contributed by atoms with Crippen LogP contribution in [0.2, 0.25) is 39.3 Å². The number of ether oxygens (including phenoxy) is 6. The standard InChI is InChI=1S/C49H77N6O15PSi3/c1-33(2)47(58)53-45-41-46(51-31-50-45)54(32-52-41)48-44(66-49(62-28-26-60-36(7)56)63-29-27-61-37(8)57)43(67-71(59-9)55(34(3)4)35(5)6)40(65-48)30-64-74(69-72(10,11)12,70-73(13,14)15)68-42(38-22-18-16-19-23-38)39-24-20-17-21-25-39/h16-25,31-35,40,42-44,48-49H,26-30H2,1-15H3,(H,50,51,53,58)/t40-,43?,44?,48-,71?/m1/s1. The zero-order valence-electron chi connectivity index (χ0n) is 45.5. The summed E-state index contributed by atoms with van der Waals surface area (Å²) in [4.78, 5) is 50.2. The Bertz CT molecular complexity index is 2300. The number of esters is 2. The quantitative estimate of drug-likeness (QED) is 0.0170. The maximum Gasteiger partial charge on any atom is 0.659 e. The van der Waals surface area contributed by atoms with E-state index in [1.165, 1.54) is 26.5 Å². The molecule has 74 heavy (non-hydrogen) atoms. The molecule has 0 spiro atoms. The van der Waals surface area contributed by atoms with Crippen molar-refractivity contribution < 1.29 is 68.9 Å². The Hall–Kier alpha value is -3.96. The predicted octanol–water partition coefficient (Wildman–Crippen LogP) is 8.49. The molecular formula is C49H77N6O15PSi3. The molecule has 1 aliphatic rings. The van der Waals surface area contributed by atoms with Gasteiger partial charge in [-0.1, -0.05) is 74.5 Å². The molecule has 1 amide bonds. The molecule has 3 heterocycles. The van der Waals surface area contributed by atoms with Crippen molar-refractivity contribution >= 4 is 69.0 Å². The molecule has 5 atom stereocenters. The van der Waals surface area contributed by atoms with E-state index in [1.54, 1.807) is 25.5 Å². The van der Waals surface area contributed by atoms with Crippen LogP contribution in [0.5, 0.6) is 0 Å². The van der Waals surface area contributed by atoms with Crippen molar-refractivity contribution in [1.29, 1.82) is 0 Å². The third kappa shape index (κ3) is 18.1. The largest absolute Gasteiger partial charge is 0.659 e. The van der Waals surface area contributed by atoms with Gasteiger partial charge in [0.15, 0.2) is 39.8 Å². The second kappa shape index (κ2) is 27.9. The van der Waals surface area contributed by atoms with Crippen LogP contribution in [0, 0.1) is 5.92 Å². The lowest BCUT2D eigenvalue weighted by molar-refractivity contribution is -0.320. The fourth-order valence-electron chi connectivity index (χ4n) is 7.74. The van der Waals surface area contributed by atoms with Gasteiger partial charge in [-0.25, -0.2) is 19.6 Å². The lowest BCUT2D eigenvalue weighted by atomic mass is 10.0. The van der Waals surface area contributed by atoms with E-state index in [1.807, 2.05) is 88.4 Å². The van der Waals surface area contributed by atoms with Gasteiger partial charge in [-0.15, -0.1) is 0 Å². The minimum atomic E-state index is -4.28. The number of amides is 1. The van der Waals surface area contributed by atoms with E-state index in [9.17, 15) is 14.4 Å². The number of anilines is 1. The predicted molar refractivity (Wildman–Crippen MR) is 284 cm³/mol. The molecule has 2 aromatic carbocycles. The second-order valence-electron chi connectivity index (χ2n) is 20.2. The number of fused-ring (bicyclic) bond motifs is 1. The van der Waals surface area contributed by atoms with Crippen LogP contribution in [0.1, 0.15) is 78.8 Å². The number of rotatable bonds is 30. The monoisotopic (exact) mass is 1100 g/mol. The highest BCUT2D eigenvalue weighted by Crippen LogP contribution is 2.50. The summed E-state index contributed by atoms with van der Waals surface area (Å²) in [7, 11) is -9.74. The molecule has 4 aromatic rings. The van der Waals surface area contributed by atoms with Gasteiger partial charge in [-0.05, 0) is 78.1 Å². The van der Waals surface area contributed by atoms with Gasteiger partial charge in [0.2, 0.25) is 5.91 Å². The summed E-state index contributed by atoms with van der Waals surface area (Å²) in [5.74, 6) is -1.45. The van der Waals surface area contributed by atoms with Crippen LogP contribution in [0.4, 0.5) is 5.82 Å². The second-order valence-corrected chi connectivity index (χ2v) is 33.3. The van der Waals surface area contributed by atoms with E-state index in [2.05, 4.69) is 64.2 Å². The third-order valence-corrected chi connectivity index (χ3v) is 20.6. The number of imidazole rings is 1. The normalized spacial score (nSPS) is 18.1. The number of carbonyl (C=O) groups is 3. The third-order valence-electron chi connectivity index (χ3n) is 10.6. The Labute approximate surface area is 440 Å². The Kier molecular flexibility index (Phi) is 23.0. The molecule has 3 unspecified atom stereocenters. The topological polar surface area (TPSA) is 221 Å². The average Bonchev–Trinajstić information content (AvgIpc) is 3.90. The number of benzene rings is 2. The number of carbonyl (C=O) groups excluding carboxylic acids is 3. The van der Waals surface area contributed by atoms with Gasteiger partial charge in [0.1, 0.15) is 44.0 Å². The highest BCUT2D eigenvalue weighted by molar-refractivity contribution is 7.44. The summed E-state index contributed by atoms with van der Waals surface area (Å²) in [6, 6.07) is 19.6. The summed E-state index contributed by atoms with van der Waals surface area (Å²) in [6.07, 6.45) is -2.26. The van der Waals surface area contributed by atoms with Gasteiger partial charge < -0.3 is 59.9 Å². The van der Waals surface area contributed by atoms with Gasteiger partial charge in [-0.2, -0.15) is 0 Å². The van der Waals surface area contributed by atoms with Crippen LogP contribution in [-0.2, 0) is 68.9 Å². The maximum absolute atomic E-state index is 13.0. The van der Waals surface area contributed by atoms with Crippen molar-refractivity contribution in [3.8, 4) is 0 Å². The number of nitrogens with one attached hydrogen (secondary N) is 1. The molecular weight excluding hydrogens is 1030 g/mol. The Balaban J connectivity index is 1.71. The first-order valence-electron chi connectivity index (χ1n) is 24.8. The van der Waals surface area contributed by atoms with Crippen molar-refractivity contribution in [1.82, 2.24) is 24.2 Å². The summed E-state index contributed by atoms with van der Waals surface area (Å²) in [5, 5.41) is 2.86. The van der Waals surface area contributed by atoms with Crippen LogP contribution < -0.4 is 5.32 Å². The summed E-state index contributed by atoms with van der Waals surface area (Å²) < 4.78 is 82.6. The van der Waals surface area contributed by atoms with Crippen LogP contribution in [0.15, 0.2) is 73.3 Å². The van der Waals surface area contributed by atoms with Gasteiger partial charge in [0.05, 0.1) is 26.1 Å².